The maximum atomic E-state index is 11.8. The second-order valence-corrected chi connectivity index (χ2v) is 5.33. The molecule has 0 atom stereocenters. The number of carbonyl (C=O) groups excluding carboxylic acids is 1. The average molecular weight is 276 g/mol. The Bertz CT molecular complexity index is 411. The van der Waals surface area contributed by atoms with Gasteiger partial charge in [-0.1, -0.05) is 29.8 Å². The predicted octanol–water partition coefficient (Wildman–Crippen LogP) is 1.42. The van der Waals surface area contributed by atoms with Gasteiger partial charge in [0.1, 0.15) is 0 Å². The summed E-state index contributed by atoms with van der Waals surface area (Å²) in [5.74, 6) is 0.0581. The van der Waals surface area contributed by atoms with E-state index in [1.807, 2.05) is 31.2 Å². The minimum atomic E-state index is 0.0581. The lowest BCUT2D eigenvalue weighted by Gasteiger charge is -2.22. The minimum Gasteiger partial charge on any atom is -0.376 e. The first kappa shape index (κ1) is 15.0. The Morgan fingerprint density at radius 1 is 1.30 bits per heavy atom. The largest absolute Gasteiger partial charge is 0.376 e. The molecule has 1 amide bonds. The van der Waals surface area contributed by atoms with E-state index in [2.05, 4.69) is 10.6 Å². The Kier molecular flexibility index (Phi) is 6.02. The van der Waals surface area contributed by atoms with Gasteiger partial charge in [0, 0.05) is 6.54 Å². The highest BCUT2D eigenvalue weighted by atomic mass is 16.5. The number of hydrogen-bond acceptors (Lipinski definition) is 3. The Balaban J connectivity index is 1.59. The first-order valence-electron chi connectivity index (χ1n) is 7.38. The maximum absolute atomic E-state index is 11.8. The molecule has 0 aliphatic carbocycles. The molecule has 0 radical (unpaired) electrons. The van der Waals surface area contributed by atoms with Crippen molar-refractivity contribution in [3.8, 4) is 0 Å². The van der Waals surface area contributed by atoms with Gasteiger partial charge >= 0.3 is 0 Å². The molecule has 1 aromatic rings. The summed E-state index contributed by atoms with van der Waals surface area (Å²) in [4.78, 5) is 11.8. The molecule has 20 heavy (non-hydrogen) atoms. The first-order valence-corrected chi connectivity index (χ1v) is 7.38. The minimum absolute atomic E-state index is 0.0581. The van der Waals surface area contributed by atoms with Crippen molar-refractivity contribution in [2.75, 3.05) is 26.2 Å². The van der Waals surface area contributed by atoms with Crippen LogP contribution in [0.5, 0.6) is 0 Å². The third-order valence-electron chi connectivity index (χ3n) is 3.55. The Labute approximate surface area is 120 Å². The lowest BCUT2D eigenvalue weighted by atomic mass is 10.1. The Morgan fingerprint density at radius 2 is 2.00 bits per heavy atom. The number of nitrogens with one attached hydrogen (secondary N) is 2. The summed E-state index contributed by atoms with van der Waals surface area (Å²) >= 11 is 0. The second-order valence-electron chi connectivity index (χ2n) is 5.33. The molecule has 0 unspecified atom stereocenters. The van der Waals surface area contributed by atoms with Gasteiger partial charge < -0.3 is 15.4 Å². The van der Waals surface area contributed by atoms with Gasteiger partial charge in [0.15, 0.2) is 0 Å². The van der Waals surface area contributed by atoms with E-state index in [1.165, 1.54) is 5.56 Å². The van der Waals surface area contributed by atoms with E-state index in [0.29, 0.717) is 25.7 Å². The summed E-state index contributed by atoms with van der Waals surface area (Å²) in [5.41, 5.74) is 2.26. The normalized spacial score (nSPS) is 16.1. The number of rotatable bonds is 6. The molecule has 1 aromatic carbocycles. The molecule has 110 valence electrons. The monoisotopic (exact) mass is 276 g/mol. The molecule has 4 nitrogen and oxygen atoms in total. The van der Waals surface area contributed by atoms with E-state index < -0.39 is 0 Å². The van der Waals surface area contributed by atoms with Crippen molar-refractivity contribution in [2.45, 2.75) is 32.3 Å². The second kappa shape index (κ2) is 8.02. The van der Waals surface area contributed by atoms with Crippen LogP contribution in [0.25, 0.3) is 0 Å². The van der Waals surface area contributed by atoms with Gasteiger partial charge in [-0.25, -0.2) is 0 Å². The molecule has 1 saturated heterocycles. The SMILES string of the molecule is Cc1ccc(CC(=O)NCCOC2CCNCC2)cc1. The predicted molar refractivity (Wildman–Crippen MR) is 79.7 cm³/mol. The summed E-state index contributed by atoms with van der Waals surface area (Å²) in [6.07, 6.45) is 2.92. The van der Waals surface area contributed by atoms with Crippen molar-refractivity contribution < 1.29 is 9.53 Å². The molecule has 0 aromatic heterocycles. The van der Waals surface area contributed by atoms with Crippen LogP contribution in [0.4, 0.5) is 0 Å². The molecule has 0 bridgehead atoms. The summed E-state index contributed by atoms with van der Waals surface area (Å²) in [6.45, 7) is 5.30. The van der Waals surface area contributed by atoms with Crippen molar-refractivity contribution in [3.63, 3.8) is 0 Å². The average Bonchev–Trinajstić information content (AvgIpc) is 2.47. The first-order chi connectivity index (χ1) is 9.74. The molecular formula is C16H24N2O2. The fourth-order valence-corrected chi connectivity index (χ4v) is 2.33. The highest BCUT2D eigenvalue weighted by molar-refractivity contribution is 5.78. The van der Waals surface area contributed by atoms with Crippen molar-refractivity contribution in [2.24, 2.45) is 0 Å². The quantitative estimate of drug-likeness (QED) is 0.773. The topological polar surface area (TPSA) is 50.4 Å². The third kappa shape index (κ3) is 5.31. The third-order valence-corrected chi connectivity index (χ3v) is 3.55. The molecule has 1 fully saturated rings. The zero-order valence-corrected chi connectivity index (χ0v) is 12.2. The number of amides is 1. The van der Waals surface area contributed by atoms with Gasteiger partial charge in [-0.3, -0.25) is 4.79 Å². The zero-order chi connectivity index (χ0) is 14.2. The van der Waals surface area contributed by atoms with Crippen LogP contribution in [-0.2, 0) is 16.0 Å². The lowest BCUT2D eigenvalue weighted by Crippen LogP contribution is -2.35. The van der Waals surface area contributed by atoms with Crippen molar-refractivity contribution in [1.82, 2.24) is 10.6 Å². The van der Waals surface area contributed by atoms with Crippen LogP contribution in [0, 0.1) is 6.92 Å². The smallest absolute Gasteiger partial charge is 0.224 e. The highest BCUT2D eigenvalue weighted by Gasteiger charge is 2.12. The van der Waals surface area contributed by atoms with E-state index in [-0.39, 0.29) is 5.91 Å². The molecular weight excluding hydrogens is 252 g/mol. The van der Waals surface area contributed by atoms with Crippen LogP contribution in [-0.4, -0.2) is 38.3 Å². The van der Waals surface area contributed by atoms with E-state index in [4.69, 9.17) is 4.74 Å². The number of aryl methyl sites for hydroxylation is 1. The highest BCUT2D eigenvalue weighted by Crippen LogP contribution is 2.06. The van der Waals surface area contributed by atoms with Crippen LogP contribution < -0.4 is 10.6 Å². The molecule has 4 heteroatoms. The van der Waals surface area contributed by atoms with Gasteiger partial charge in [-0.15, -0.1) is 0 Å². The van der Waals surface area contributed by atoms with Crippen molar-refractivity contribution in [3.05, 3.63) is 35.4 Å². The van der Waals surface area contributed by atoms with E-state index in [9.17, 15) is 4.79 Å². The van der Waals surface area contributed by atoms with Gasteiger partial charge in [-0.2, -0.15) is 0 Å². The van der Waals surface area contributed by atoms with Gasteiger partial charge in [0.2, 0.25) is 5.91 Å². The van der Waals surface area contributed by atoms with Gasteiger partial charge in [0.05, 0.1) is 19.1 Å². The summed E-state index contributed by atoms with van der Waals surface area (Å²) in [6, 6.07) is 8.06. The fraction of sp³-hybridized carbons (Fsp3) is 0.562. The van der Waals surface area contributed by atoms with Crippen LogP contribution in [0.3, 0.4) is 0 Å². The summed E-state index contributed by atoms with van der Waals surface area (Å²) in [7, 11) is 0. The summed E-state index contributed by atoms with van der Waals surface area (Å²) < 4.78 is 5.74. The fourth-order valence-electron chi connectivity index (χ4n) is 2.33. The molecule has 0 saturated carbocycles. The Morgan fingerprint density at radius 3 is 2.70 bits per heavy atom. The van der Waals surface area contributed by atoms with E-state index in [1.54, 1.807) is 0 Å². The number of carbonyl (C=O) groups is 1. The number of ether oxygens (including phenoxy) is 1. The molecule has 1 heterocycles. The van der Waals surface area contributed by atoms with Crippen LogP contribution in [0.2, 0.25) is 0 Å². The zero-order valence-electron chi connectivity index (χ0n) is 12.2. The standard InChI is InChI=1S/C16H24N2O2/c1-13-2-4-14(5-3-13)12-16(19)18-10-11-20-15-6-8-17-9-7-15/h2-5,15,17H,6-12H2,1H3,(H,18,19). The molecule has 2 rings (SSSR count). The number of hydrogen-bond donors (Lipinski definition) is 2. The van der Waals surface area contributed by atoms with Gasteiger partial charge in [0.25, 0.3) is 0 Å². The van der Waals surface area contributed by atoms with Crippen molar-refractivity contribution >= 4 is 5.91 Å². The number of benzene rings is 1. The van der Waals surface area contributed by atoms with Crippen molar-refractivity contribution in [1.29, 1.82) is 0 Å². The van der Waals surface area contributed by atoms with E-state index >= 15 is 0 Å². The molecule has 1 aliphatic heterocycles. The maximum Gasteiger partial charge on any atom is 0.224 e. The Hall–Kier alpha value is -1.39. The summed E-state index contributed by atoms with van der Waals surface area (Å²) in [5, 5.41) is 6.21. The molecule has 0 spiro atoms. The molecule has 2 N–H and O–H groups in total. The van der Waals surface area contributed by atoms with Crippen LogP contribution >= 0.6 is 0 Å². The number of piperidine rings is 1. The van der Waals surface area contributed by atoms with E-state index in [0.717, 1.165) is 31.5 Å². The molecule has 1 aliphatic rings. The van der Waals surface area contributed by atoms with Crippen LogP contribution in [0.15, 0.2) is 24.3 Å². The van der Waals surface area contributed by atoms with Crippen LogP contribution in [0.1, 0.15) is 24.0 Å². The van der Waals surface area contributed by atoms with Gasteiger partial charge in [-0.05, 0) is 38.4 Å². The lowest BCUT2D eigenvalue weighted by molar-refractivity contribution is -0.120.